The molecule has 1 aromatic heterocycles. The molecular formula is C20H18ClF3N4OS. The van der Waals surface area contributed by atoms with Crippen LogP contribution in [0.15, 0.2) is 42.5 Å². The summed E-state index contributed by atoms with van der Waals surface area (Å²) in [6.07, 6.45) is 0. The Hall–Kier alpha value is -2.78. The summed E-state index contributed by atoms with van der Waals surface area (Å²) in [6.45, 7) is 0.756. The average Bonchev–Trinajstić information content (AvgIpc) is 2.93. The van der Waals surface area contributed by atoms with Crippen LogP contribution in [0.5, 0.6) is 5.75 Å². The zero-order chi connectivity index (χ0) is 21.8. The Kier molecular flexibility index (Phi) is 6.84. The normalized spacial score (nSPS) is 10.9. The minimum absolute atomic E-state index is 0.0324. The van der Waals surface area contributed by atoms with Crippen LogP contribution < -0.4 is 15.4 Å². The van der Waals surface area contributed by atoms with Gasteiger partial charge in [-0.1, -0.05) is 29.8 Å². The highest BCUT2D eigenvalue weighted by Crippen LogP contribution is 2.27. The summed E-state index contributed by atoms with van der Waals surface area (Å²) in [5, 5.41) is 10.7. The Labute approximate surface area is 181 Å². The molecule has 0 fully saturated rings. The highest BCUT2D eigenvalue weighted by atomic mass is 35.5. The third kappa shape index (κ3) is 5.03. The number of ether oxygens (including phenoxy) is 1. The van der Waals surface area contributed by atoms with Crippen molar-refractivity contribution in [3.8, 4) is 5.75 Å². The Balaban J connectivity index is 1.77. The third-order valence-corrected chi connectivity index (χ3v) is 4.90. The fourth-order valence-electron chi connectivity index (χ4n) is 2.90. The predicted octanol–water partition coefficient (Wildman–Crippen LogP) is 5.75. The van der Waals surface area contributed by atoms with Crippen molar-refractivity contribution >= 4 is 40.3 Å². The van der Waals surface area contributed by atoms with E-state index in [0.717, 1.165) is 0 Å². The third-order valence-electron chi connectivity index (χ3n) is 4.34. The van der Waals surface area contributed by atoms with E-state index in [0.29, 0.717) is 27.7 Å². The van der Waals surface area contributed by atoms with Gasteiger partial charge in [-0.3, -0.25) is 4.68 Å². The highest BCUT2D eigenvalue weighted by molar-refractivity contribution is 7.80. The molecule has 3 aromatic rings. The molecule has 0 bridgehead atoms. The van der Waals surface area contributed by atoms with E-state index in [2.05, 4.69) is 20.5 Å². The molecule has 158 valence electrons. The second-order valence-corrected chi connectivity index (χ2v) is 7.17. The molecular weight excluding hydrogens is 437 g/mol. The number of anilines is 2. The van der Waals surface area contributed by atoms with Crippen molar-refractivity contribution in [3.05, 3.63) is 70.3 Å². The molecule has 0 amide bonds. The lowest BCUT2D eigenvalue weighted by molar-refractivity contribution is -0.0493. The van der Waals surface area contributed by atoms with E-state index in [4.69, 9.17) is 23.8 Å². The standard InChI is InChI=1S/C20H18ClF3N4OS/c1-11-18(12(2)28(27-11)10-13-14(21)6-5-7-15(13)22)26-20(30)25-16-8-3-4-9-17(16)29-19(23)24/h3-9,19H,10H2,1-2H3,(H2,25,26,30). The summed E-state index contributed by atoms with van der Waals surface area (Å²) in [4.78, 5) is 0. The van der Waals surface area contributed by atoms with Gasteiger partial charge in [0.1, 0.15) is 11.6 Å². The SMILES string of the molecule is Cc1nn(Cc2c(F)cccc2Cl)c(C)c1NC(=S)Nc1ccccc1OC(F)F. The van der Waals surface area contributed by atoms with Crippen LogP contribution >= 0.6 is 23.8 Å². The summed E-state index contributed by atoms with van der Waals surface area (Å²) >= 11 is 11.4. The number of hydrogen-bond acceptors (Lipinski definition) is 3. The first kappa shape index (κ1) is 21.9. The number of nitrogens with zero attached hydrogens (tertiary/aromatic N) is 2. The molecule has 2 aromatic carbocycles. The van der Waals surface area contributed by atoms with Gasteiger partial charge in [-0.25, -0.2) is 4.39 Å². The second kappa shape index (κ2) is 9.36. The molecule has 5 nitrogen and oxygen atoms in total. The Bertz CT molecular complexity index is 1050. The number of nitrogens with one attached hydrogen (secondary N) is 2. The predicted molar refractivity (Wildman–Crippen MR) is 115 cm³/mol. The Morgan fingerprint density at radius 2 is 1.90 bits per heavy atom. The van der Waals surface area contributed by atoms with Crippen molar-refractivity contribution in [2.24, 2.45) is 0 Å². The molecule has 3 rings (SSSR count). The van der Waals surface area contributed by atoms with Gasteiger partial charge in [0.05, 0.1) is 29.3 Å². The van der Waals surface area contributed by atoms with Crippen molar-refractivity contribution in [2.45, 2.75) is 27.0 Å². The molecule has 0 unspecified atom stereocenters. The van der Waals surface area contributed by atoms with Gasteiger partial charge in [0.25, 0.3) is 0 Å². The number of para-hydroxylation sites is 2. The molecule has 0 aliphatic rings. The number of rotatable bonds is 6. The zero-order valence-electron chi connectivity index (χ0n) is 16.0. The molecule has 0 aliphatic carbocycles. The van der Waals surface area contributed by atoms with Crippen LogP contribution in [0.2, 0.25) is 5.02 Å². The molecule has 0 saturated carbocycles. The lowest BCUT2D eigenvalue weighted by atomic mass is 10.2. The number of halogens is 4. The highest BCUT2D eigenvalue weighted by Gasteiger charge is 2.17. The molecule has 0 aliphatic heterocycles. The van der Waals surface area contributed by atoms with Crippen LogP contribution in [0.3, 0.4) is 0 Å². The minimum atomic E-state index is -2.96. The smallest absolute Gasteiger partial charge is 0.387 e. The molecule has 2 N–H and O–H groups in total. The topological polar surface area (TPSA) is 51.1 Å². The van der Waals surface area contributed by atoms with Crippen molar-refractivity contribution in [1.82, 2.24) is 9.78 Å². The van der Waals surface area contributed by atoms with Crippen molar-refractivity contribution in [1.29, 1.82) is 0 Å². The fraction of sp³-hybridized carbons (Fsp3) is 0.200. The van der Waals surface area contributed by atoms with Gasteiger partial charge in [-0.2, -0.15) is 13.9 Å². The van der Waals surface area contributed by atoms with Gasteiger partial charge in [-0.15, -0.1) is 0 Å². The van der Waals surface area contributed by atoms with Gasteiger partial charge in [0.15, 0.2) is 5.11 Å². The summed E-state index contributed by atoms with van der Waals surface area (Å²) in [5.41, 5.74) is 2.56. The molecule has 0 atom stereocenters. The lowest BCUT2D eigenvalue weighted by Crippen LogP contribution is -2.20. The molecule has 1 heterocycles. The Morgan fingerprint density at radius 3 is 2.60 bits per heavy atom. The van der Waals surface area contributed by atoms with E-state index in [9.17, 15) is 13.2 Å². The quantitative estimate of drug-likeness (QED) is 0.464. The largest absolute Gasteiger partial charge is 0.433 e. The van der Waals surface area contributed by atoms with Gasteiger partial charge in [0, 0.05) is 10.6 Å². The van der Waals surface area contributed by atoms with Gasteiger partial charge in [0.2, 0.25) is 0 Å². The van der Waals surface area contributed by atoms with Crippen LogP contribution in [-0.4, -0.2) is 21.5 Å². The van der Waals surface area contributed by atoms with E-state index >= 15 is 0 Å². The van der Waals surface area contributed by atoms with E-state index < -0.39 is 12.4 Å². The maximum atomic E-state index is 14.1. The van der Waals surface area contributed by atoms with Crippen molar-refractivity contribution in [2.75, 3.05) is 10.6 Å². The number of thiocarbonyl (C=S) groups is 1. The first-order valence-corrected chi connectivity index (χ1v) is 9.63. The summed E-state index contributed by atoms with van der Waals surface area (Å²) < 4.78 is 45.4. The van der Waals surface area contributed by atoms with Crippen molar-refractivity contribution in [3.63, 3.8) is 0 Å². The molecule has 10 heteroatoms. The van der Waals surface area contributed by atoms with Crippen LogP contribution in [0.25, 0.3) is 0 Å². The zero-order valence-corrected chi connectivity index (χ0v) is 17.6. The first-order chi connectivity index (χ1) is 14.3. The van der Waals surface area contributed by atoms with Gasteiger partial charge in [-0.05, 0) is 50.3 Å². The summed E-state index contributed by atoms with van der Waals surface area (Å²) in [5.74, 6) is -0.452. The summed E-state index contributed by atoms with van der Waals surface area (Å²) in [7, 11) is 0. The number of hydrogen-bond donors (Lipinski definition) is 2. The average molecular weight is 455 g/mol. The maximum Gasteiger partial charge on any atom is 0.387 e. The minimum Gasteiger partial charge on any atom is -0.433 e. The number of aryl methyl sites for hydroxylation is 1. The molecule has 30 heavy (non-hydrogen) atoms. The van der Waals surface area contributed by atoms with Gasteiger partial charge >= 0.3 is 6.61 Å². The van der Waals surface area contributed by atoms with Crippen LogP contribution in [0.1, 0.15) is 17.0 Å². The fourth-order valence-corrected chi connectivity index (χ4v) is 3.34. The molecule has 0 saturated heterocycles. The van der Waals surface area contributed by atoms with Gasteiger partial charge < -0.3 is 15.4 Å². The molecule has 0 radical (unpaired) electrons. The Morgan fingerprint density at radius 1 is 1.17 bits per heavy atom. The van der Waals surface area contributed by atoms with E-state index in [1.165, 1.54) is 18.2 Å². The van der Waals surface area contributed by atoms with Crippen LogP contribution in [-0.2, 0) is 6.54 Å². The number of alkyl halides is 2. The molecule has 0 spiro atoms. The lowest BCUT2D eigenvalue weighted by Gasteiger charge is -2.14. The van der Waals surface area contributed by atoms with E-state index in [1.54, 1.807) is 42.8 Å². The van der Waals surface area contributed by atoms with Crippen LogP contribution in [0, 0.1) is 19.7 Å². The number of aromatic nitrogens is 2. The van der Waals surface area contributed by atoms with Crippen molar-refractivity contribution < 1.29 is 17.9 Å². The number of benzene rings is 2. The maximum absolute atomic E-state index is 14.1. The first-order valence-electron chi connectivity index (χ1n) is 8.85. The monoisotopic (exact) mass is 454 g/mol. The van der Waals surface area contributed by atoms with E-state index in [-0.39, 0.29) is 23.1 Å². The van der Waals surface area contributed by atoms with E-state index in [1.807, 2.05) is 0 Å². The second-order valence-electron chi connectivity index (χ2n) is 6.36. The summed E-state index contributed by atoms with van der Waals surface area (Å²) in [6, 6.07) is 10.7. The van der Waals surface area contributed by atoms with Crippen LogP contribution in [0.4, 0.5) is 24.5 Å².